The molecule has 0 spiro atoms. The van der Waals surface area contributed by atoms with Crippen molar-refractivity contribution in [1.82, 2.24) is 20.6 Å². The van der Waals surface area contributed by atoms with Crippen LogP contribution in [-0.4, -0.2) is 66.1 Å². The second-order valence-electron chi connectivity index (χ2n) is 12.2. The second kappa shape index (κ2) is 13.0. The van der Waals surface area contributed by atoms with Crippen molar-refractivity contribution in [2.24, 2.45) is 11.8 Å². The quantitative estimate of drug-likeness (QED) is 0.128. The number of amides is 2. The molecule has 2 fully saturated rings. The first-order valence-corrected chi connectivity index (χ1v) is 16.2. The predicted octanol–water partition coefficient (Wildman–Crippen LogP) is 3.85. The van der Waals surface area contributed by atoms with E-state index in [1.807, 2.05) is 45.5 Å². The summed E-state index contributed by atoms with van der Waals surface area (Å²) in [5.74, 6) is -1.06. The van der Waals surface area contributed by atoms with Gasteiger partial charge in [-0.2, -0.15) is 11.8 Å². The zero-order valence-corrected chi connectivity index (χ0v) is 26.7. The van der Waals surface area contributed by atoms with Gasteiger partial charge >= 0.3 is 11.9 Å². The summed E-state index contributed by atoms with van der Waals surface area (Å²) in [6.07, 6.45) is 5.58. The minimum atomic E-state index is -0.909. The van der Waals surface area contributed by atoms with Gasteiger partial charge < -0.3 is 35.9 Å². The number of nitrogens with one attached hydrogen (secondary N) is 4. The summed E-state index contributed by atoms with van der Waals surface area (Å²) < 4.78 is 0. The molecule has 0 radical (unpaired) electrons. The van der Waals surface area contributed by atoms with Gasteiger partial charge in [0.25, 0.3) is 5.91 Å². The fraction of sp³-hybridized carbons (Fsp3) is 0.455. The van der Waals surface area contributed by atoms with Crippen LogP contribution in [0.15, 0.2) is 29.2 Å². The van der Waals surface area contributed by atoms with Crippen molar-refractivity contribution in [3.63, 3.8) is 0 Å². The minimum absolute atomic E-state index is 0.00906. The van der Waals surface area contributed by atoms with E-state index in [0.717, 1.165) is 68.3 Å². The number of aromatic nitrogens is 2. The molecule has 5 heterocycles. The third kappa shape index (κ3) is 6.75. The average molecular weight is 637 g/mol. The number of H-pyrrole nitrogens is 2. The van der Waals surface area contributed by atoms with Gasteiger partial charge in [-0.15, -0.1) is 0 Å². The molecule has 240 valence electrons. The highest BCUT2D eigenvalue weighted by atomic mass is 32.2. The smallest absolute Gasteiger partial charge is 0.303 e. The molecule has 3 aliphatic rings. The third-order valence-electron chi connectivity index (χ3n) is 9.39. The molecule has 12 heteroatoms. The number of thioether (sulfide) groups is 1. The topological polar surface area (TPSA) is 185 Å². The number of carboxylic acid groups (broad SMARTS) is 2. The highest BCUT2D eigenvalue weighted by molar-refractivity contribution is 8.06. The van der Waals surface area contributed by atoms with E-state index in [-0.39, 0.29) is 42.5 Å². The van der Waals surface area contributed by atoms with Crippen LogP contribution in [0, 0.1) is 25.7 Å². The lowest BCUT2D eigenvalue weighted by Gasteiger charge is -2.12. The van der Waals surface area contributed by atoms with Gasteiger partial charge in [-0.1, -0.05) is 6.92 Å². The SMILES string of the molecule is CC1=C(/C=C/O)C(=O)N[C@@H]1Cc1[nH]c(Cc2[nH]c(/C=C3\NC(=O)[C@H](C)[C@H]3[C@H]3CS3)c(C)c2CCC(=O)O)c(CCC(=O)O)c1C. The Morgan fingerprint density at radius 3 is 2.18 bits per heavy atom. The maximum absolute atomic E-state index is 12.6. The number of aliphatic hydroxyl groups excluding tert-OH is 1. The van der Waals surface area contributed by atoms with Gasteiger partial charge in [0.15, 0.2) is 0 Å². The van der Waals surface area contributed by atoms with E-state index < -0.39 is 11.9 Å². The van der Waals surface area contributed by atoms with E-state index >= 15 is 0 Å². The first-order chi connectivity index (χ1) is 21.4. The molecule has 2 aromatic heterocycles. The zero-order chi connectivity index (χ0) is 32.6. The summed E-state index contributed by atoms with van der Waals surface area (Å²) in [5.41, 5.74) is 9.06. The van der Waals surface area contributed by atoms with Crippen molar-refractivity contribution in [2.45, 2.75) is 77.5 Å². The number of hydrogen-bond donors (Lipinski definition) is 7. The Balaban J connectivity index is 1.51. The molecule has 7 N–H and O–H groups in total. The van der Waals surface area contributed by atoms with E-state index in [4.69, 9.17) is 0 Å². The normalized spacial score (nSPS) is 23.8. The number of carbonyl (C=O) groups excluding carboxylic acids is 2. The summed E-state index contributed by atoms with van der Waals surface area (Å²) >= 11 is 1.84. The Morgan fingerprint density at radius 1 is 0.956 bits per heavy atom. The van der Waals surface area contributed by atoms with Gasteiger partial charge in [0, 0.05) is 82.6 Å². The molecule has 0 aliphatic carbocycles. The third-order valence-corrected chi connectivity index (χ3v) is 10.4. The highest BCUT2D eigenvalue weighted by Gasteiger charge is 2.45. The van der Waals surface area contributed by atoms with E-state index in [0.29, 0.717) is 36.5 Å². The first kappa shape index (κ1) is 32.2. The van der Waals surface area contributed by atoms with Crippen molar-refractivity contribution >= 4 is 41.6 Å². The number of hydrogen-bond acceptors (Lipinski definition) is 6. The van der Waals surface area contributed by atoms with Crippen LogP contribution in [0.1, 0.15) is 71.7 Å². The summed E-state index contributed by atoms with van der Waals surface area (Å²) in [7, 11) is 0. The number of aliphatic hydroxyl groups is 1. The molecule has 11 nitrogen and oxygen atoms in total. The van der Waals surface area contributed by atoms with Gasteiger partial charge in [-0.25, -0.2) is 0 Å². The molecule has 2 amide bonds. The van der Waals surface area contributed by atoms with Gasteiger partial charge in [0.1, 0.15) is 0 Å². The Kier molecular flexibility index (Phi) is 9.33. The number of carbonyl (C=O) groups is 4. The first-order valence-electron chi connectivity index (χ1n) is 15.2. The minimum Gasteiger partial charge on any atom is -0.516 e. The van der Waals surface area contributed by atoms with Crippen LogP contribution < -0.4 is 10.6 Å². The van der Waals surface area contributed by atoms with Crippen LogP contribution >= 0.6 is 11.8 Å². The van der Waals surface area contributed by atoms with Gasteiger partial charge in [0.2, 0.25) is 5.91 Å². The number of aromatic amines is 2. The standard InChI is InChI=1S/C33H40N4O7S/c1-15-19(5-7-29(39)40)25(34-22(15)11-24-17(3)21(9-10-38)33(44)36-24)13-26-20(6-8-30(41)42)16(2)23(35-26)12-27-31(28-14-45-28)18(4)32(43)37-27/h9-10,12,18,24,28,31,34-35,38H,5-8,11,13-14H2,1-4H3,(H,36,44)(H,37,43)(H,39,40)(H,41,42)/b10-9+,27-12-/t18-,24-,28-,31-/m1/s1. The van der Waals surface area contributed by atoms with E-state index in [1.165, 1.54) is 6.08 Å². The maximum Gasteiger partial charge on any atom is 0.303 e. The number of rotatable bonds is 13. The van der Waals surface area contributed by atoms with Crippen molar-refractivity contribution in [3.05, 3.63) is 74.2 Å². The average Bonchev–Trinajstić information content (AvgIpc) is 3.56. The molecule has 5 rings (SSSR count). The molecule has 0 unspecified atom stereocenters. The highest BCUT2D eigenvalue weighted by Crippen LogP contribution is 2.46. The summed E-state index contributed by atoms with van der Waals surface area (Å²) in [4.78, 5) is 55.2. The maximum atomic E-state index is 12.6. The largest absolute Gasteiger partial charge is 0.516 e. The van der Waals surface area contributed by atoms with Crippen LogP contribution in [0.2, 0.25) is 0 Å². The molecular formula is C33H40N4O7S. The Hall–Kier alpha value is -4.19. The molecular weight excluding hydrogens is 596 g/mol. The molecule has 0 saturated carbocycles. The monoisotopic (exact) mass is 636 g/mol. The lowest BCUT2D eigenvalue weighted by atomic mass is 9.91. The second-order valence-corrected chi connectivity index (χ2v) is 13.5. The van der Waals surface area contributed by atoms with Crippen molar-refractivity contribution in [1.29, 1.82) is 0 Å². The Bertz CT molecular complexity index is 1640. The molecule has 45 heavy (non-hydrogen) atoms. The summed E-state index contributed by atoms with van der Waals surface area (Å²) in [6, 6.07) is -0.292. The summed E-state index contributed by atoms with van der Waals surface area (Å²) in [5, 5.41) is 34.6. The van der Waals surface area contributed by atoms with E-state index in [9.17, 15) is 34.5 Å². The van der Waals surface area contributed by atoms with E-state index in [1.54, 1.807) is 0 Å². The van der Waals surface area contributed by atoms with E-state index in [2.05, 4.69) is 20.6 Å². The number of aliphatic carboxylic acids is 2. The van der Waals surface area contributed by atoms with Crippen molar-refractivity contribution in [3.8, 4) is 0 Å². The molecule has 3 aliphatic heterocycles. The van der Waals surface area contributed by atoms with Crippen molar-refractivity contribution < 1.29 is 34.5 Å². The van der Waals surface area contributed by atoms with Crippen LogP contribution in [-0.2, 0) is 44.9 Å². The fourth-order valence-electron chi connectivity index (χ4n) is 6.69. The lowest BCUT2D eigenvalue weighted by molar-refractivity contribution is -0.138. The van der Waals surface area contributed by atoms with Gasteiger partial charge in [0.05, 0.1) is 12.3 Å². The van der Waals surface area contributed by atoms with Gasteiger partial charge in [-0.05, 0) is 73.6 Å². The Morgan fingerprint density at radius 2 is 1.58 bits per heavy atom. The van der Waals surface area contributed by atoms with Crippen LogP contribution in [0.3, 0.4) is 0 Å². The Labute approximate surface area is 265 Å². The number of allylic oxidation sites excluding steroid dienone is 1. The molecule has 4 atom stereocenters. The summed E-state index contributed by atoms with van der Waals surface area (Å²) in [6.45, 7) is 7.69. The van der Waals surface area contributed by atoms with Crippen LogP contribution in [0.25, 0.3) is 6.08 Å². The zero-order valence-electron chi connectivity index (χ0n) is 25.9. The van der Waals surface area contributed by atoms with Crippen LogP contribution in [0.4, 0.5) is 0 Å². The lowest BCUT2D eigenvalue weighted by Crippen LogP contribution is -2.30. The molecule has 2 aromatic rings. The predicted molar refractivity (Wildman–Crippen MR) is 171 cm³/mol. The molecule has 2 saturated heterocycles. The van der Waals surface area contributed by atoms with Gasteiger partial charge in [-0.3, -0.25) is 19.2 Å². The van der Waals surface area contributed by atoms with Crippen molar-refractivity contribution in [2.75, 3.05) is 5.75 Å². The molecule has 0 aromatic carbocycles. The number of carboxylic acids is 2. The fourth-order valence-corrected chi connectivity index (χ4v) is 7.60. The molecule has 0 bridgehead atoms. The van der Waals surface area contributed by atoms with Crippen LogP contribution in [0.5, 0.6) is 0 Å².